The Balaban J connectivity index is 1.93. The van der Waals surface area contributed by atoms with Gasteiger partial charge in [0.05, 0.1) is 23.8 Å². The minimum atomic E-state index is -0.118. The van der Waals surface area contributed by atoms with Crippen molar-refractivity contribution in [2.24, 2.45) is 0 Å². The molecule has 0 saturated heterocycles. The summed E-state index contributed by atoms with van der Waals surface area (Å²) in [6, 6.07) is -0.118. The van der Waals surface area contributed by atoms with Crippen LogP contribution in [0.2, 0.25) is 0 Å². The quantitative estimate of drug-likeness (QED) is 0.808. The van der Waals surface area contributed by atoms with Gasteiger partial charge in [0.15, 0.2) is 0 Å². The predicted molar refractivity (Wildman–Crippen MR) is 65.5 cm³/mol. The number of amides is 1. The first-order valence-electron chi connectivity index (χ1n) is 6.22. The molecule has 0 spiro atoms. The molecule has 0 radical (unpaired) electrons. The zero-order valence-electron chi connectivity index (χ0n) is 10.5. The number of nitrogens with zero attached hydrogens (tertiary/aromatic N) is 2. The van der Waals surface area contributed by atoms with Crippen molar-refractivity contribution in [1.82, 2.24) is 20.2 Å². The molecule has 0 fully saturated rings. The number of aromatic nitrogens is 2. The highest BCUT2D eigenvalue weighted by molar-refractivity contribution is 5.82. The molecular formula is C12H20N4O. The number of imidazole rings is 1. The molecule has 1 unspecified atom stereocenters. The maximum absolute atomic E-state index is 12.2. The number of likely N-dealkylation sites (N-methyl/N-ethyl adjacent to an activating group) is 1. The van der Waals surface area contributed by atoms with Crippen molar-refractivity contribution in [3.8, 4) is 0 Å². The van der Waals surface area contributed by atoms with Crippen LogP contribution >= 0.6 is 0 Å². The fraction of sp³-hybridized carbons (Fsp3) is 0.667. The number of hydrogen-bond donors (Lipinski definition) is 2. The van der Waals surface area contributed by atoms with E-state index in [1.807, 2.05) is 11.9 Å². The second kappa shape index (κ2) is 5.31. The third-order valence-electron chi connectivity index (χ3n) is 3.25. The van der Waals surface area contributed by atoms with Gasteiger partial charge in [-0.05, 0) is 6.42 Å². The second-order valence-electron chi connectivity index (χ2n) is 4.58. The number of unbranched alkanes of at least 4 members (excludes halogenated alkanes) is 1. The van der Waals surface area contributed by atoms with Crippen molar-refractivity contribution in [2.45, 2.75) is 38.8 Å². The van der Waals surface area contributed by atoms with Crippen molar-refractivity contribution in [2.75, 3.05) is 13.6 Å². The molecule has 1 aromatic heterocycles. The van der Waals surface area contributed by atoms with E-state index in [4.69, 9.17) is 0 Å². The van der Waals surface area contributed by atoms with Gasteiger partial charge in [0, 0.05) is 26.6 Å². The number of H-pyrrole nitrogens is 1. The zero-order chi connectivity index (χ0) is 12.3. The van der Waals surface area contributed by atoms with Gasteiger partial charge >= 0.3 is 0 Å². The van der Waals surface area contributed by atoms with E-state index in [1.54, 1.807) is 6.33 Å². The average molecular weight is 236 g/mol. The van der Waals surface area contributed by atoms with Crippen molar-refractivity contribution in [3.63, 3.8) is 0 Å². The number of aromatic amines is 1. The number of nitrogens with one attached hydrogen (secondary N) is 2. The maximum atomic E-state index is 12.2. The van der Waals surface area contributed by atoms with E-state index in [2.05, 4.69) is 22.2 Å². The highest BCUT2D eigenvalue weighted by Crippen LogP contribution is 2.13. The second-order valence-corrected chi connectivity index (χ2v) is 4.58. The van der Waals surface area contributed by atoms with Crippen LogP contribution < -0.4 is 5.32 Å². The van der Waals surface area contributed by atoms with Gasteiger partial charge in [0.25, 0.3) is 0 Å². The molecule has 94 valence electrons. The molecule has 17 heavy (non-hydrogen) atoms. The Bertz CT molecular complexity index is 388. The fourth-order valence-electron chi connectivity index (χ4n) is 2.12. The van der Waals surface area contributed by atoms with E-state index in [9.17, 15) is 4.79 Å². The van der Waals surface area contributed by atoms with E-state index in [1.165, 1.54) is 0 Å². The molecule has 0 aliphatic carbocycles. The van der Waals surface area contributed by atoms with E-state index in [0.29, 0.717) is 13.0 Å². The van der Waals surface area contributed by atoms with Crippen LogP contribution in [0.3, 0.4) is 0 Å². The van der Waals surface area contributed by atoms with Gasteiger partial charge in [0.1, 0.15) is 0 Å². The number of hydrogen-bond acceptors (Lipinski definition) is 3. The standard InChI is InChI=1S/C12H20N4O/c1-3-4-5-16(2)12(17)10-6-9-11(7-13-10)15-8-14-9/h8,10,13H,3-7H2,1-2H3,(H,14,15). The molecule has 5 heteroatoms. The van der Waals surface area contributed by atoms with E-state index < -0.39 is 0 Å². The first kappa shape index (κ1) is 12.1. The third kappa shape index (κ3) is 2.66. The summed E-state index contributed by atoms with van der Waals surface area (Å²) >= 11 is 0. The van der Waals surface area contributed by atoms with Gasteiger partial charge in [-0.3, -0.25) is 10.1 Å². The summed E-state index contributed by atoms with van der Waals surface area (Å²) in [5, 5.41) is 3.26. The summed E-state index contributed by atoms with van der Waals surface area (Å²) in [5.74, 6) is 0.173. The monoisotopic (exact) mass is 236 g/mol. The van der Waals surface area contributed by atoms with Crippen molar-refractivity contribution in [1.29, 1.82) is 0 Å². The number of carbonyl (C=O) groups excluding carboxylic acids is 1. The molecule has 5 nitrogen and oxygen atoms in total. The molecular weight excluding hydrogens is 216 g/mol. The van der Waals surface area contributed by atoms with Crippen LogP contribution in [0, 0.1) is 0 Å². The summed E-state index contributed by atoms with van der Waals surface area (Å²) < 4.78 is 0. The van der Waals surface area contributed by atoms with Crippen LogP contribution in [0.4, 0.5) is 0 Å². The molecule has 0 saturated carbocycles. The molecule has 2 N–H and O–H groups in total. The van der Waals surface area contributed by atoms with Crippen LogP contribution in [0.25, 0.3) is 0 Å². The minimum absolute atomic E-state index is 0.118. The van der Waals surface area contributed by atoms with Crippen LogP contribution in [-0.4, -0.2) is 40.4 Å². The zero-order valence-corrected chi connectivity index (χ0v) is 10.5. The summed E-state index contributed by atoms with van der Waals surface area (Å²) in [4.78, 5) is 21.3. The Morgan fingerprint density at radius 1 is 1.65 bits per heavy atom. The largest absolute Gasteiger partial charge is 0.347 e. The molecule has 2 rings (SSSR count). The van der Waals surface area contributed by atoms with Gasteiger partial charge in [-0.1, -0.05) is 13.3 Å². The molecule has 0 aromatic carbocycles. The van der Waals surface area contributed by atoms with Crippen LogP contribution in [-0.2, 0) is 17.8 Å². The number of fused-ring (bicyclic) bond motifs is 1. The topological polar surface area (TPSA) is 61.0 Å². The summed E-state index contributed by atoms with van der Waals surface area (Å²) in [6.45, 7) is 3.67. The molecule has 1 aromatic rings. The Labute approximate surface area is 102 Å². The Morgan fingerprint density at radius 3 is 3.24 bits per heavy atom. The van der Waals surface area contributed by atoms with E-state index in [-0.39, 0.29) is 11.9 Å². The fourth-order valence-corrected chi connectivity index (χ4v) is 2.12. The molecule has 1 amide bonds. The normalized spacial score (nSPS) is 18.8. The van der Waals surface area contributed by atoms with Gasteiger partial charge in [-0.2, -0.15) is 0 Å². The smallest absolute Gasteiger partial charge is 0.239 e. The number of rotatable bonds is 4. The molecule has 1 atom stereocenters. The summed E-state index contributed by atoms with van der Waals surface area (Å²) in [7, 11) is 1.87. The number of carbonyl (C=O) groups is 1. The SMILES string of the molecule is CCCCN(C)C(=O)C1Cc2nc[nH]c2CN1. The van der Waals surface area contributed by atoms with Crippen molar-refractivity contribution < 1.29 is 4.79 Å². The lowest BCUT2D eigenvalue weighted by molar-refractivity contribution is -0.132. The summed E-state index contributed by atoms with van der Waals surface area (Å²) in [5.41, 5.74) is 2.12. The van der Waals surface area contributed by atoms with Crippen LogP contribution in [0.5, 0.6) is 0 Å². The van der Waals surface area contributed by atoms with Crippen molar-refractivity contribution >= 4 is 5.91 Å². The maximum Gasteiger partial charge on any atom is 0.239 e. The van der Waals surface area contributed by atoms with Crippen LogP contribution in [0.15, 0.2) is 6.33 Å². The molecule has 2 heterocycles. The van der Waals surface area contributed by atoms with Gasteiger partial charge < -0.3 is 9.88 Å². The van der Waals surface area contributed by atoms with Gasteiger partial charge in [0.2, 0.25) is 5.91 Å². The lowest BCUT2D eigenvalue weighted by Gasteiger charge is -2.27. The van der Waals surface area contributed by atoms with Gasteiger partial charge in [-0.15, -0.1) is 0 Å². The minimum Gasteiger partial charge on any atom is -0.347 e. The Kier molecular flexibility index (Phi) is 3.78. The highest BCUT2D eigenvalue weighted by atomic mass is 16.2. The average Bonchev–Trinajstić information content (AvgIpc) is 2.81. The first-order valence-corrected chi connectivity index (χ1v) is 6.22. The Hall–Kier alpha value is -1.36. The van der Waals surface area contributed by atoms with E-state index >= 15 is 0 Å². The third-order valence-corrected chi connectivity index (χ3v) is 3.25. The van der Waals surface area contributed by atoms with Crippen molar-refractivity contribution in [3.05, 3.63) is 17.7 Å². The Morgan fingerprint density at radius 2 is 2.47 bits per heavy atom. The van der Waals surface area contributed by atoms with Gasteiger partial charge in [-0.25, -0.2) is 4.98 Å². The lowest BCUT2D eigenvalue weighted by atomic mass is 10.0. The van der Waals surface area contributed by atoms with Crippen LogP contribution in [0.1, 0.15) is 31.2 Å². The predicted octanol–water partition coefficient (Wildman–Crippen LogP) is 0.682. The highest BCUT2D eigenvalue weighted by Gasteiger charge is 2.27. The molecule has 1 aliphatic rings. The molecule has 0 bridgehead atoms. The first-order chi connectivity index (χ1) is 8.22. The van der Waals surface area contributed by atoms with E-state index in [0.717, 1.165) is 30.8 Å². The summed E-state index contributed by atoms with van der Waals surface area (Å²) in [6.07, 6.45) is 4.55. The lowest BCUT2D eigenvalue weighted by Crippen LogP contribution is -2.48. The molecule has 1 aliphatic heterocycles.